The first-order valence-corrected chi connectivity index (χ1v) is 15.6. The zero-order chi connectivity index (χ0) is 35.0. The predicted octanol–water partition coefficient (Wildman–Crippen LogP) is -1.09. The fraction of sp³-hybridized carbons (Fsp3) is 0.767. The minimum absolute atomic E-state index is 0.00117. The van der Waals surface area contributed by atoms with E-state index in [2.05, 4.69) is 26.6 Å². The Bertz CT molecular complexity index is 1030. The molecule has 5 atom stereocenters. The van der Waals surface area contributed by atoms with E-state index in [1.165, 1.54) is 0 Å². The summed E-state index contributed by atoms with van der Waals surface area (Å²) in [4.78, 5) is 87.9. The van der Waals surface area contributed by atoms with Crippen molar-refractivity contribution in [2.24, 2.45) is 40.9 Å². The number of rotatable bonds is 21. The molecular formula is C30H56N8O7. The number of carbonyl (C=O) groups excluding carboxylic acids is 7. The summed E-state index contributed by atoms with van der Waals surface area (Å²) < 4.78 is 0. The lowest BCUT2D eigenvalue weighted by Gasteiger charge is -2.26. The zero-order valence-electron chi connectivity index (χ0n) is 28.0. The first-order valence-electron chi connectivity index (χ1n) is 15.6. The molecule has 0 aromatic carbocycles. The Hall–Kier alpha value is -3.75. The van der Waals surface area contributed by atoms with Crippen molar-refractivity contribution in [3.63, 3.8) is 0 Å². The molecule has 0 aliphatic rings. The number of primary amides is 2. The van der Waals surface area contributed by atoms with E-state index in [-0.39, 0.29) is 49.4 Å². The van der Waals surface area contributed by atoms with Crippen molar-refractivity contribution in [3.8, 4) is 0 Å². The zero-order valence-corrected chi connectivity index (χ0v) is 28.0. The molecule has 258 valence electrons. The van der Waals surface area contributed by atoms with Crippen LogP contribution in [0.3, 0.4) is 0 Å². The second-order valence-corrected chi connectivity index (χ2v) is 13.1. The Morgan fingerprint density at radius 2 is 1.04 bits per heavy atom. The second-order valence-electron chi connectivity index (χ2n) is 13.1. The van der Waals surface area contributed by atoms with Gasteiger partial charge in [-0.05, 0) is 49.4 Å². The Morgan fingerprint density at radius 3 is 1.49 bits per heavy atom. The van der Waals surface area contributed by atoms with Crippen LogP contribution in [0, 0.1) is 23.7 Å². The van der Waals surface area contributed by atoms with Crippen LogP contribution >= 0.6 is 0 Å². The monoisotopic (exact) mass is 640 g/mol. The third-order valence-electron chi connectivity index (χ3n) is 6.77. The van der Waals surface area contributed by atoms with Crippen LogP contribution in [-0.4, -0.2) is 78.1 Å². The number of nitrogens with one attached hydrogen (secondary N) is 5. The van der Waals surface area contributed by atoms with Crippen LogP contribution in [0.4, 0.5) is 0 Å². The number of amides is 7. The van der Waals surface area contributed by atoms with E-state index in [9.17, 15) is 33.6 Å². The quantitative estimate of drug-likeness (QED) is 0.0763. The van der Waals surface area contributed by atoms with Crippen LogP contribution in [0.1, 0.15) is 87.5 Å². The Labute approximate surface area is 266 Å². The molecule has 0 saturated heterocycles. The van der Waals surface area contributed by atoms with E-state index in [1.54, 1.807) is 13.8 Å². The van der Waals surface area contributed by atoms with Gasteiger partial charge in [0.15, 0.2) is 0 Å². The summed E-state index contributed by atoms with van der Waals surface area (Å²) in [6, 6.07) is -5.04. The predicted molar refractivity (Wildman–Crippen MR) is 170 cm³/mol. The molecule has 45 heavy (non-hydrogen) atoms. The van der Waals surface area contributed by atoms with Gasteiger partial charge in [0.1, 0.15) is 24.2 Å². The average Bonchev–Trinajstić information content (AvgIpc) is 2.90. The summed E-state index contributed by atoms with van der Waals surface area (Å²) in [7, 11) is 0. The molecule has 0 aromatic heterocycles. The van der Waals surface area contributed by atoms with Crippen LogP contribution in [0.2, 0.25) is 0 Å². The normalized spacial score (nSPS) is 14.7. The summed E-state index contributed by atoms with van der Waals surface area (Å²) >= 11 is 0. The van der Waals surface area contributed by atoms with E-state index < -0.39 is 78.1 Å². The first-order chi connectivity index (χ1) is 20.7. The lowest BCUT2D eigenvalue weighted by Crippen LogP contribution is -2.57. The molecule has 0 bridgehead atoms. The van der Waals surface area contributed by atoms with Crippen molar-refractivity contribution in [1.29, 1.82) is 0 Å². The number of nitrogens with two attached hydrogens (primary N) is 3. The maximum atomic E-state index is 13.2. The summed E-state index contributed by atoms with van der Waals surface area (Å²) in [6.07, 6.45) is 0.516. The molecular weight excluding hydrogens is 584 g/mol. The number of hydrogen-bond acceptors (Lipinski definition) is 8. The topological polar surface area (TPSA) is 258 Å². The molecule has 0 aliphatic carbocycles. The van der Waals surface area contributed by atoms with Gasteiger partial charge in [-0.3, -0.25) is 33.6 Å². The fourth-order valence-electron chi connectivity index (χ4n) is 4.48. The molecule has 15 nitrogen and oxygen atoms in total. The molecule has 0 fully saturated rings. The largest absolute Gasteiger partial charge is 0.370 e. The molecule has 0 radical (unpaired) electrons. The molecule has 15 heteroatoms. The van der Waals surface area contributed by atoms with Crippen molar-refractivity contribution in [3.05, 3.63) is 0 Å². The fourth-order valence-corrected chi connectivity index (χ4v) is 4.48. The van der Waals surface area contributed by atoms with Crippen LogP contribution in [0.5, 0.6) is 0 Å². The second kappa shape index (κ2) is 20.3. The third kappa shape index (κ3) is 17.4. The highest BCUT2D eigenvalue weighted by atomic mass is 16.2. The smallest absolute Gasteiger partial charge is 0.243 e. The van der Waals surface area contributed by atoms with Gasteiger partial charge in [-0.1, -0.05) is 55.4 Å². The number of hydrogen-bond donors (Lipinski definition) is 8. The van der Waals surface area contributed by atoms with Gasteiger partial charge in [-0.25, -0.2) is 0 Å². The molecule has 7 amide bonds. The van der Waals surface area contributed by atoms with Gasteiger partial charge in [0.05, 0.1) is 12.6 Å². The van der Waals surface area contributed by atoms with E-state index in [1.807, 2.05) is 41.5 Å². The highest BCUT2D eigenvalue weighted by molar-refractivity contribution is 5.95. The SMILES string of the molecule is CC(C)C[C@H](NC(=O)CNC(=O)[C@H](CCC(N)=O)NC(=O)[C@H](CC(C)C)NC(=O)[C@@H](N)CC(C)C)C(=O)N[C@H](C(N)=O)C(C)C. The lowest BCUT2D eigenvalue weighted by molar-refractivity contribution is -0.134. The van der Waals surface area contributed by atoms with Crippen molar-refractivity contribution in [2.75, 3.05) is 6.54 Å². The summed E-state index contributed by atoms with van der Waals surface area (Å²) in [5.41, 5.74) is 16.6. The minimum atomic E-state index is -1.26. The maximum absolute atomic E-state index is 13.2. The third-order valence-corrected chi connectivity index (χ3v) is 6.77. The summed E-state index contributed by atoms with van der Waals surface area (Å²) in [6.45, 7) is 14.1. The lowest BCUT2D eigenvalue weighted by atomic mass is 10.00. The molecule has 0 unspecified atom stereocenters. The van der Waals surface area contributed by atoms with Gasteiger partial charge in [-0.15, -0.1) is 0 Å². The van der Waals surface area contributed by atoms with Crippen molar-refractivity contribution >= 4 is 41.4 Å². The molecule has 0 saturated carbocycles. The van der Waals surface area contributed by atoms with E-state index in [0.29, 0.717) is 6.42 Å². The van der Waals surface area contributed by atoms with Gasteiger partial charge >= 0.3 is 0 Å². The molecule has 0 aromatic rings. The van der Waals surface area contributed by atoms with Gasteiger partial charge in [0.2, 0.25) is 41.4 Å². The van der Waals surface area contributed by atoms with Crippen LogP contribution in [0.15, 0.2) is 0 Å². The summed E-state index contributed by atoms with van der Waals surface area (Å²) in [5.74, 6) is -4.78. The highest BCUT2D eigenvalue weighted by Crippen LogP contribution is 2.10. The molecule has 0 spiro atoms. The number of carbonyl (C=O) groups is 7. The standard InChI is InChI=1S/C30H56N8O7/c1-15(2)11-19(31)27(42)37-22(13-17(5)6)29(44)36-20(9-10-23(32)39)28(43)34-14-24(40)35-21(12-16(3)4)30(45)38-25(18(7)8)26(33)41/h15-22,25H,9-14,31H2,1-8H3,(H2,32,39)(H2,33,41)(H,34,43)(H,35,40)(H,36,44)(H,37,42)(H,38,45)/t19-,20-,21-,22-,25-/m0/s1. The van der Waals surface area contributed by atoms with Gasteiger partial charge in [0, 0.05) is 6.42 Å². The average molecular weight is 641 g/mol. The van der Waals surface area contributed by atoms with Gasteiger partial charge in [0.25, 0.3) is 0 Å². The van der Waals surface area contributed by atoms with Crippen molar-refractivity contribution < 1.29 is 33.6 Å². The van der Waals surface area contributed by atoms with E-state index in [4.69, 9.17) is 17.2 Å². The van der Waals surface area contributed by atoms with Crippen molar-refractivity contribution in [2.45, 2.75) is 118 Å². The van der Waals surface area contributed by atoms with Crippen LogP contribution in [0.25, 0.3) is 0 Å². The Balaban J connectivity index is 5.63. The van der Waals surface area contributed by atoms with E-state index in [0.717, 1.165) is 0 Å². The van der Waals surface area contributed by atoms with E-state index >= 15 is 0 Å². The molecule has 0 heterocycles. The summed E-state index contributed by atoms with van der Waals surface area (Å²) in [5, 5.41) is 12.8. The molecule has 0 aliphatic heterocycles. The van der Waals surface area contributed by atoms with Crippen molar-refractivity contribution in [1.82, 2.24) is 26.6 Å². The Morgan fingerprint density at radius 1 is 0.578 bits per heavy atom. The Kier molecular flexibility index (Phi) is 18.6. The minimum Gasteiger partial charge on any atom is -0.370 e. The maximum Gasteiger partial charge on any atom is 0.243 e. The van der Waals surface area contributed by atoms with Gasteiger partial charge in [-0.2, -0.15) is 0 Å². The molecule has 11 N–H and O–H groups in total. The molecule has 0 rings (SSSR count). The van der Waals surface area contributed by atoms with Crippen LogP contribution in [-0.2, 0) is 33.6 Å². The van der Waals surface area contributed by atoms with Gasteiger partial charge < -0.3 is 43.8 Å². The highest BCUT2D eigenvalue weighted by Gasteiger charge is 2.31. The first kappa shape index (κ1) is 41.2. The van der Waals surface area contributed by atoms with Crippen LogP contribution < -0.4 is 43.8 Å².